The van der Waals surface area contributed by atoms with Gasteiger partial charge in [-0.25, -0.2) is 4.79 Å². The van der Waals surface area contributed by atoms with Crippen molar-refractivity contribution in [3.05, 3.63) is 59.7 Å². The van der Waals surface area contributed by atoms with E-state index in [1.54, 1.807) is 11.8 Å². The number of carbonyl (C=O) groups excluding carboxylic acids is 2. The fourth-order valence-electron chi connectivity index (χ4n) is 5.77. The normalized spacial score (nSPS) is 23.7. The standard InChI is InChI=1S/C27H30N2O6/c1-17(12-24(30)29-13-18-14-34-11-10-27(18,16-29)25(31)32)28-26(33)35-15-23-21-8-4-2-6-19(21)20-7-3-5-9-22(20)23/h2-9,17-18,23H,10-16H2,1H3,(H,28,33)(H,31,32)/t17-,18?,27?/m0/s1. The average Bonchev–Trinajstić information content (AvgIpc) is 3.40. The number of carbonyl (C=O) groups is 3. The Morgan fingerprint density at radius 3 is 2.43 bits per heavy atom. The fraction of sp³-hybridized carbons (Fsp3) is 0.444. The quantitative estimate of drug-likeness (QED) is 0.660. The summed E-state index contributed by atoms with van der Waals surface area (Å²) in [6, 6.07) is 15.8. The molecule has 5 rings (SSSR count). The number of hydrogen-bond acceptors (Lipinski definition) is 5. The largest absolute Gasteiger partial charge is 0.481 e. The second-order valence-corrected chi connectivity index (χ2v) is 9.83. The van der Waals surface area contributed by atoms with Crippen molar-refractivity contribution >= 4 is 18.0 Å². The molecule has 1 aliphatic carbocycles. The van der Waals surface area contributed by atoms with Crippen molar-refractivity contribution in [3.8, 4) is 11.1 Å². The Kier molecular flexibility index (Phi) is 6.23. The molecule has 3 aliphatic rings. The lowest BCUT2D eigenvalue weighted by Crippen LogP contribution is -2.45. The number of alkyl carbamates (subject to hydrolysis) is 1. The van der Waals surface area contributed by atoms with Crippen LogP contribution in [-0.4, -0.2) is 66.9 Å². The summed E-state index contributed by atoms with van der Waals surface area (Å²) >= 11 is 0. The van der Waals surface area contributed by atoms with E-state index in [4.69, 9.17) is 9.47 Å². The second-order valence-electron chi connectivity index (χ2n) is 9.83. The van der Waals surface area contributed by atoms with Gasteiger partial charge in [-0.1, -0.05) is 48.5 Å². The van der Waals surface area contributed by atoms with Crippen LogP contribution < -0.4 is 5.32 Å². The summed E-state index contributed by atoms with van der Waals surface area (Å²) in [4.78, 5) is 39.0. The molecule has 2 aromatic carbocycles. The van der Waals surface area contributed by atoms with Gasteiger partial charge < -0.3 is 24.8 Å². The van der Waals surface area contributed by atoms with Crippen LogP contribution in [0.1, 0.15) is 36.8 Å². The summed E-state index contributed by atoms with van der Waals surface area (Å²) in [7, 11) is 0. The summed E-state index contributed by atoms with van der Waals surface area (Å²) < 4.78 is 11.0. The van der Waals surface area contributed by atoms with E-state index < -0.39 is 23.5 Å². The molecule has 2 saturated heterocycles. The summed E-state index contributed by atoms with van der Waals surface area (Å²) in [5.41, 5.74) is 3.66. The van der Waals surface area contributed by atoms with Gasteiger partial charge in [0.1, 0.15) is 6.61 Å². The molecule has 8 heteroatoms. The Labute approximate surface area is 204 Å². The third-order valence-electron chi connectivity index (χ3n) is 7.67. The molecular weight excluding hydrogens is 448 g/mol. The number of rotatable bonds is 6. The Balaban J connectivity index is 1.15. The minimum atomic E-state index is -0.933. The van der Waals surface area contributed by atoms with Gasteiger partial charge in [-0.2, -0.15) is 0 Å². The van der Waals surface area contributed by atoms with Gasteiger partial charge in [-0.15, -0.1) is 0 Å². The molecule has 0 aromatic heterocycles. The van der Waals surface area contributed by atoms with Gasteiger partial charge in [0.25, 0.3) is 0 Å². The van der Waals surface area contributed by atoms with Crippen LogP contribution in [0, 0.1) is 11.3 Å². The summed E-state index contributed by atoms with van der Waals surface area (Å²) in [6.45, 7) is 3.25. The number of aliphatic carboxylic acids is 1. The molecule has 0 spiro atoms. The van der Waals surface area contributed by atoms with Crippen molar-refractivity contribution < 1.29 is 29.0 Å². The number of likely N-dealkylation sites (tertiary alicyclic amines) is 1. The zero-order valence-electron chi connectivity index (χ0n) is 19.7. The maximum Gasteiger partial charge on any atom is 0.407 e. The molecule has 0 radical (unpaired) electrons. The van der Waals surface area contributed by atoms with E-state index in [9.17, 15) is 19.5 Å². The third-order valence-corrected chi connectivity index (χ3v) is 7.67. The van der Waals surface area contributed by atoms with Crippen LogP contribution in [0.25, 0.3) is 11.1 Å². The number of nitrogens with zero attached hydrogens (tertiary/aromatic N) is 1. The van der Waals surface area contributed by atoms with Crippen molar-refractivity contribution in [2.75, 3.05) is 32.9 Å². The number of carboxylic acid groups (broad SMARTS) is 1. The van der Waals surface area contributed by atoms with Crippen LogP contribution in [0.2, 0.25) is 0 Å². The minimum Gasteiger partial charge on any atom is -0.481 e. The topological polar surface area (TPSA) is 105 Å². The first-order chi connectivity index (χ1) is 16.9. The maximum absolute atomic E-state index is 12.9. The first-order valence-electron chi connectivity index (χ1n) is 12.1. The lowest BCUT2D eigenvalue weighted by atomic mass is 9.74. The van der Waals surface area contributed by atoms with E-state index in [0.29, 0.717) is 26.2 Å². The molecule has 2 fully saturated rings. The highest BCUT2D eigenvalue weighted by Crippen LogP contribution is 2.45. The van der Waals surface area contributed by atoms with E-state index in [-0.39, 0.29) is 37.3 Å². The van der Waals surface area contributed by atoms with Gasteiger partial charge in [0, 0.05) is 44.0 Å². The summed E-state index contributed by atoms with van der Waals surface area (Å²) in [5, 5.41) is 12.6. The first-order valence-corrected chi connectivity index (χ1v) is 12.1. The van der Waals surface area contributed by atoms with Gasteiger partial charge in [0.2, 0.25) is 5.91 Å². The van der Waals surface area contributed by atoms with Crippen LogP contribution in [0.4, 0.5) is 4.79 Å². The van der Waals surface area contributed by atoms with E-state index in [1.165, 1.54) is 0 Å². The number of benzene rings is 2. The SMILES string of the molecule is C[C@@H](CC(=O)N1CC2COCCC2(C(=O)O)C1)NC(=O)OCC1c2ccccc2-c2ccccc21. The highest BCUT2D eigenvalue weighted by molar-refractivity contribution is 5.82. The number of nitrogens with one attached hydrogen (secondary N) is 1. The van der Waals surface area contributed by atoms with Crippen LogP contribution in [-0.2, 0) is 19.1 Å². The van der Waals surface area contributed by atoms with Gasteiger partial charge in [-0.05, 0) is 35.6 Å². The lowest BCUT2D eigenvalue weighted by Gasteiger charge is -2.33. The van der Waals surface area contributed by atoms with Crippen molar-refractivity contribution in [1.82, 2.24) is 10.2 Å². The number of fused-ring (bicyclic) bond motifs is 4. The summed E-state index contributed by atoms with van der Waals surface area (Å²) in [6.07, 6.45) is -0.0877. The van der Waals surface area contributed by atoms with Crippen molar-refractivity contribution in [2.45, 2.75) is 31.7 Å². The van der Waals surface area contributed by atoms with Gasteiger partial charge >= 0.3 is 12.1 Å². The van der Waals surface area contributed by atoms with Crippen LogP contribution in [0.3, 0.4) is 0 Å². The lowest BCUT2D eigenvalue weighted by molar-refractivity contribution is -0.157. The van der Waals surface area contributed by atoms with Gasteiger partial charge in [0.05, 0.1) is 12.0 Å². The van der Waals surface area contributed by atoms with Crippen molar-refractivity contribution in [3.63, 3.8) is 0 Å². The molecule has 35 heavy (non-hydrogen) atoms. The Morgan fingerprint density at radius 1 is 1.14 bits per heavy atom. The Hall–Kier alpha value is -3.39. The predicted molar refractivity (Wildman–Crippen MR) is 128 cm³/mol. The number of hydrogen-bond donors (Lipinski definition) is 2. The number of ether oxygens (including phenoxy) is 2. The van der Waals surface area contributed by atoms with E-state index in [2.05, 4.69) is 29.6 Å². The van der Waals surface area contributed by atoms with Crippen LogP contribution in [0.5, 0.6) is 0 Å². The molecule has 2 amide bonds. The summed E-state index contributed by atoms with van der Waals surface area (Å²) in [5.74, 6) is -1.28. The second kappa shape index (κ2) is 9.34. The van der Waals surface area contributed by atoms with E-state index >= 15 is 0 Å². The molecule has 8 nitrogen and oxygen atoms in total. The molecule has 2 aromatic rings. The third kappa shape index (κ3) is 4.27. The van der Waals surface area contributed by atoms with Gasteiger partial charge in [0.15, 0.2) is 0 Å². The number of carboxylic acids is 1. The zero-order valence-corrected chi connectivity index (χ0v) is 19.7. The highest BCUT2D eigenvalue weighted by Gasteiger charge is 2.54. The highest BCUT2D eigenvalue weighted by atomic mass is 16.5. The predicted octanol–water partition coefficient (Wildman–Crippen LogP) is 3.25. The Morgan fingerprint density at radius 2 is 1.80 bits per heavy atom. The molecule has 2 heterocycles. The maximum atomic E-state index is 12.9. The smallest absolute Gasteiger partial charge is 0.407 e. The number of amides is 2. The molecule has 0 saturated carbocycles. The minimum absolute atomic E-state index is 0.0348. The molecule has 2 N–H and O–H groups in total. The van der Waals surface area contributed by atoms with Gasteiger partial charge in [-0.3, -0.25) is 9.59 Å². The molecule has 184 valence electrons. The molecular formula is C27H30N2O6. The molecule has 3 atom stereocenters. The van der Waals surface area contributed by atoms with Crippen LogP contribution in [0.15, 0.2) is 48.5 Å². The molecule has 2 unspecified atom stereocenters. The molecule has 2 aliphatic heterocycles. The Bertz CT molecular complexity index is 1100. The fourth-order valence-corrected chi connectivity index (χ4v) is 5.77. The monoisotopic (exact) mass is 478 g/mol. The average molecular weight is 479 g/mol. The van der Waals surface area contributed by atoms with E-state index in [1.807, 2.05) is 24.3 Å². The van der Waals surface area contributed by atoms with E-state index in [0.717, 1.165) is 22.3 Å². The van der Waals surface area contributed by atoms with Crippen LogP contribution >= 0.6 is 0 Å². The van der Waals surface area contributed by atoms with Crippen molar-refractivity contribution in [2.24, 2.45) is 11.3 Å². The first kappa shape index (κ1) is 23.4. The van der Waals surface area contributed by atoms with Crippen molar-refractivity contribution in [1.29, 1.82) is 0 Å². The zero-order chi connectivity index (χ0) is 24.6. The molecule has 0 bridgehead atoms.